The first-order valence-electron chi connectivity index (χ1n) is 12.3. The molecule has 0 aromatic heterocycles. The van der Waals surface area contributed by atoms with Crippen molar-refractivity contribution in [2.75, 3.05) is 0 Å². The monoisotopic (exact) mass is 563 g/mol. The van der Waals surface area contributed by atoms with Crippen LogP contribution in [0.2, 0.25) is 10.0 Å². The highest BCUT2D eigenvalue weighted by molar-refractivity contribution is 6.30. The Morgan fingerprint density at radius 2 is 1.41 bits per heavy atom. The number of amides is 1. The average Bonchev–Trinajstić information content (AvgIpc) is 2.93. The topological polar surface area (TPSA) is 66.8 Å². The number of carboxylic acid groups (broad SMARTS) is 1. The van der Waals surface area contributed by atoms with Crippen molar-refractivity contribution in [2.45, 2.75) is 30.7 Å². The predicted octanol–water partition coefficient (Wildman–Crippen LogP) is 7.21. The van der Waals surface area contributed by atoms with E-state index >= 15 is 0 Å². The largest absolute Gasteiger partial charge is 0.479 e. The van der Waals surface area contributed by atoms with E-state index in [1.807, 2.05) is 0 Å². The third kappa shape index (κ3) is 5.83. The van der Waals surface area contributed by atoms with Gasteiger partial charge in [0.2, 0.25) is 0 Å². The Hall–Kier alpha value is -3.71. The fraction of sp³-hybridized carbons (Fsp3) is 0.161. The second-order valence-corrected chi connectivity index (χ2v) is 10.2. The zero-order chi connectivity index (χ0) is 27.5. The Balaban J connectivity index is 1.68. The molecule has 1 N–H and O–H groups in total. The highest BCUT2D eigenvalue weighted by Crippen LogP contribution is 2.46. The van der Waals surface area contributed by atoms with Crippen molar-refractivity contribution in [1.29, 1.82) is 0 Å². The molecular formula is C31H24Cl2FNO4. The summed E-state index contributed by atoms with van der Waals surface area (Å²) < 4.78 is 20.1. The molecule has 1 heterocycles. The maximum absolute atomic E-state index is 14.2. The molecule has 0 bridgehead atoms. The number of rotatable bonds is 7. The average molecular weight is 564 g/mol. The van der Waals surface area contributed by atoms with Crippen LogP contribution in [0.5, 0.6) is 0 Å². The Labute approximate surface area is 235 Å². The van der Waals surface area contributed by atoms with Crippen LogP contribution >= 0.6 is 23.2 Å². The standard InChI is InChI=1S/C31H24Cl2FNO4/c32-23-12-8-21(9-13-23)27-29(22-10-14-24(33)15-11-22)39-26(18-19-6-16-25(34)17-7-19)30(36)35(27)28(31(37)38)20-4-2-1-3-5-20/h1-17,26-29H,18H2,(H,37,38)/t26-,27+,28-,29-/m0/s1. The van der Waals surface area contributed by atoms with Crippen LogP contribution in [0.1, 0.15) is 40.4 Å². The summed E-state index contributed by atoms with van der Waals surface area (Å²) in [4.78, 5) is 28.5. The number of benzene rings is 4. The summed E-state index contributed by atoms with van der Waals surface area (Å²) in [5.74, 6) is -2.06. The van der Waals surface area contributed by atoms with Gasteiger partial charge in [-0.05, 0) is 58.7 Å². The summed E-state index contributed by atoms with van der Waals surface area (Å²) in [6, 6.07) is 26.3. The summed E-state index contributed by atoms with van der Waals surface area (Å²) >= 11 is 12.3. The van der Waals surface area contributed by atoms with Gasteiger partial charge >= 0.3 is 5.97 Å². The maximum atomic E-state index is 14.2. The van der Waals surface area contributed by atoms with E-state index < -0.39 is 42.0 Å². The van der Waals surface area contributed by atoms with Crippen molar-refractivity contribution in [2.24, 2.45) is 0 Å². The lowest BCUT2D eigenvalue weighted by atomic mass is 9.88. The van der Waals surface area contributed by atoms with E-state index in [0.29, 0.717) is 26.7 Å². The van der Waals surface area contributed by atoms with Gasteiger partial charge in [0.05, 0.1) is 6.04 Å². The molecule has 0 unspecified atom stereocenters. The number of carbonyl (C=O) groups excluding carboxylic acids is 1. The lowest BCUT2D eigenvalue weighted by Gasteiger charge is -2.47. The Kier molecular flexibility index (Phi) is 7.98. The third-order valence-corrected chi connectivity index (χ3v) is 7.30. The second-order valence-electron chi connectivity index (χ2n) is 9.32. The van der Waals surface area contributed by atoms with Gasteiger partial charge in [-0.2, -0.15) is 0 Å². The summed E-state index contributed by atoms with van der Waals surface area (Å²) in [6.07, 6.45) is -1.63. The molecule has 39 heavy (non-hydrogen) atoms. The van der Waals surface area contributed by atoms with Crippen LogP contribution in [0, 0.1) is 5.82 Å². The zero-order valence-corrected chi connectivity index (χ0v) is 22.1. The molecule has 0 aliphatic carbocycles. The second kappa shape index (κ2) is 11.6. The van der Waals surface area contributed by atoms with Crippen LogP contribution in [-0.4, -0.2) is 28.0 Å². The molecule has 1 amide bonds. The van der Waals surface area contributed by atoms with Gasteiger partial charge in [-0.25, -0.2) is 9.18 Å². The smallest absolute Gasteiger partial charge is 0.331 e. The first-order valence-corrected chi connectivity index (χ1v) is 13.1. The molecule has 5 rings (SSSR count). The molecule has 1 aliphatic heterocycles. The Bertz CT molecular complexity index is 1450. The molecular weight excluding hydrogens is 540 g/mol. The number of halogens is 3. The van der Waals surface area contributed by atoms with Gasteiger partial charge in [0.15, 0.2) is 6.04 Å². The maximum Gasteiger partial charge on any atom is 0.331 e. The van der Waals surface area contributed by atoms with Crippen molar-refractivity contribution in [1.82, 2.24) is 4.90 Å². The number of aliphatic carboxylic acids is 1. The summed E-state index contributed by atoms with van der Waals surface area (Å²) in [6.45, 7) is 0. The van der Waals surface area contributed by atoms with E-state index in [1.165, 1.54) is 17.0 Å². The molecule has 4 aromatic rings. The van der Waals surface area contributed by atoms with E-state index in [2.05, 4.69) is 0 Å². The minimum atomic E-state index is -1.30. The molecule has 4 atom stereocenters. The van der Waals surface area contributed by atoms with Crippen LogP contribution in [-0.2, 0) is 20.7 Å². The molecule has 198 valence electrons. The van der Waals surface area contributed by atoms with Gasteiger partial charge in [-0.15, -0.1) is 0 Å². The predicted molar refractivity (Wildman–Crippen MR) is 147 cm³/mol. The molecule has 1 fully saturated rings. The van der Waals surface area contributed by atoms with E-state index in [0.717, 1.165) is 5.56 Å². The SMILES string of the molecule is O=C(O)[C@H](c1ccccc1)N1C(=O)[C@H](Cc2ccc(F)cc2)O[C@@H](c2ccc(Cl)cc2)[C@H]1c1ccc(Cl)cc1. The lowest BCUT2D eigenvalue weighted by Crippen LogP contribution is -2.54. The van der Waals surface area contributed by atoms with Crippen LogP contribution < -0.4 is 0 Å². The van der Waals surface area contributed by atoms with Gasteiger partial charge in [0.1, 0.15) is 18.0 Å². The number of carbonyl (C=O) groups is 2. The molecule has 0 saturated carbocycles. The van der Waals surface area contributed by atoms with E-state index in [4.69, 9.17) is 27.9 Å². The summed E-state index contributed by atoms with van der Waals surface area (Å²) in [5, 5.41) is 11.5. The Morgan fingerprint density at radius 1 is 0.846 bits per heavy atom. The number of ether oxygens (including phenoxy) is 1. The molecule has 0 spiro atoms. The normalized spacial score (nSPS) is 20.0. The molecule has 5 nitrogen and oxygen atoms in total. The van der Waals surface area contributed by atoms with Gasteiger partial charge in [-0.3, -0.25) is 4.79 Å². The van der Waals surface area contributed by atoms with E-state index in [9.17, 15) is 19.1 Å². The number of morpholine rings is 1. The minimum Gasteiger partial charge on any atom is -0.479 e. The summed E-state index contributed by atoms with van der Waals surface area (Å²) in [5.41, 5.74) is 2.52. The van der Waals surface area contributed by atoms with Crippen molar-refractivity contribution < 1.29 is 23.8 Å². The van der Waals surface area contributed by atoms with Crippen molar-refractivity contribution in [3.05, 3.63) is 141 Å². The number of carboxylic acids is 1. The molecule has 8 heteroatoms. The first-order chi connectivity index (χ1) is 18.8. The van der Waals surface area contributed by atoms with Gasteiger partial charge in [-0.1, -0.05) is 89.9 Å². The van der Waals surface area contributed by atoms with Crippen LogP contribution in [0.3, 0.4) is 0 Å². The Morgan fingerprint density at radius 3 is 1.97 bits per heavy atom. The number of hydrogen-bond donors (Lipinski definition) is 1. The molecule has 1 aliphatic rings. The van der Waals surface area contributed by atoms with Gasteiger partial charge < -0.3 is 14.7 Å². The highest BCUT2D eigenvalue weighted by Gasteiger charge is 2.49. The molecule has 4 aromatic carbocycles. The quantitative estimate of drug-likeness (QED) is 0.258. The fourth-order valence-corrected chi connectivity index (χ4v) is 5.23. The van der Waals surface area contributed by atoms with Gasteiger partial charge in [0.25, 0.3) is 5.91 Å². The van der Waals surface area contributed by atoms with Crippen molar-refractivity contribution >= 4 is 35.1 Å². The summed E-state index contributed by atoms with van der Waals surface area (Å²) in [7, 11) is 0. The minimum absolute atomic E-state index is 0.133. The fourth-order valence-electron chi connectivity index (χ4n) is 4.98. The van der Waals surface area contributed by atoms with Gasteiger partial charge in [0, 0.05) is 16.5 Å². The third-order valence-electron chi connectivity index (χ3n) is 6.80. The highest BCUT2D eigenvalue weighted by atomic mass is 35.5. The molecule has 1 saturated heterocycles. The van der Waals surface area contributed by atoms with E-state index in [1.54, 1.807) is 91.0 Å². The van der Waals surface area contributed by atoms with Crippen LogP contribution in [0.25, 0.3) is 0 Å². The van der Waals surface area contributed by atoms with Crippen molar-refractivity contribution in [3.63, 3.8) is 0 Å². The number of nitrogens with zero attached hydrogens (tertiary/aromatic N) is 1. The van der Waals surface area contributed by atoms with E-state index in [-0.39, 0.29) is 6.42 Å². The van der Waals surface area contributed by atoms with Crippen LogP contribution in [0.15, 0.2) is 103 Å². The number of hydrogen-bond acceptors (Lipinski definition) is 3. The first kappa shape index (κ1) is 26.9. The van der Waals surface area contributed by atoms with Crippen LogP contribution in [0.4, 0.5) is 4.39 Å². The molecule has 0 radical (unpaired) electrons. The lowest BCUT2D eigenvalue weighted by molar-refractivity contribution is -0.184. The zero-order valence-electron chi connectivity index (χ0n) is 20.6. The van der Waals surface area contributed by atoms with Crippen molar-refractivity contribution in [3.8, 4) is 0 Å².